The van der Waals surface area contributed by atoms with E-state index in [0.29, 0.717) is 0 Å². The summed E-state index contributed by atoms with van der Waals surface area (Å²) in [6.45, 7) is 4.41. The van der Waals surface area contributed by atoms with Gasteiger partial charge in [0.05, 0.1) is 10.2 Å². The number of unbranched alkanes of at least 4 members (excludes halogenated alkanes) is 1. The Morgan fingerprint density at radius 1 is 1.25 bits per heavy atom. The van der Waals surface area contributed by atoms with Gasteiger partial charge < -0.3 is 5.32 Å². The number of carbonyl (C=O) groups excluding carboxylic acids is 1. The molecule has 1 fully saturated rings. The van der Waals surface area contributed by atoms with Gasteiger partial charge in [-0.05, 0) is 55.7 Å². The molecule has 130 valence electrons. The number of carbonyl (C=O) groups is 1. The van der Waals surface area contributed by atoms with Crippen LogP contribution in [0.25, 0.3) is 10.2 Å². The van der Waals surface area contributed by atoms with E-state index >= 15 is 0 Å². The highest BCUT2D eigenvalue weighted by molar-refractivity contribution is 7.22. The number of fused-ring (bicyclic) bond motifs is 1. The predicted octanol–water partition coefficient (Wildman–Crippen LogP) is 5.79. The van der Waals surface area contributed by atoms with Crippen LogP contribution in [0.15, 0.2) is 18.2 Å². The smallest absolute Gasteiger partial charge is 0.229 e. The number of thiazole rings is 1. The van der Waals surface area contributed by atoms with Crippen molar-refractivity contribution in [3.05, 3.63) is 23.8 Å². The second-order valence-electron chi connectivity index (χ2n) is 7.02. The first kappa shape index (κ1) is 17.4. The van der Waals surface area contributed by atoms with Crippen molar-refractivity contribution in [3.8, 4) is 0 Å². The van der Waals surface area contributed by atoms with Crippen molar-refractivity contribution >= 4 is 32.6 Å². The fourth-order valence-electron chi connectivity index (χ4n) is 3.66. The summed E-state index contributed by atoms with van der Waals surface area (Å²) in [6, 6.07) is 6.35. The van der Waals surface area contributed by atoms with Crippen LogP contribution in [-0.4, -0.2) is 10.9 Å². The molecule has 0 bridgehead atoms. The van der Waals surface area contributed by atoms with Gasteiger partial charge in [-0.1, -0.05) is 50.5 Å². The molecule has 1 aromatic carbocycles. The molecule has 0 saturated heterocycles. The second kappa shape index (κ2) is 8.11. The molecule has 0 unspecified atom stereocenters. The molecule has 4 heteroatoms. The summed E-state index contributed by atoms with van der Waals surface area (Å²) in [5.41, 5.74) is 2.30. The highest BCUT2D eigenvalue weighted by Gasteiger charge is 2.26. The van der Waals surface area contributed by atoms with Gasteiger partial charge >= 0.3 is 0 Å². The number of amides is 1. The monoisotopic (exact) mass is 344 g/mol. The zero-order valence-electron chi connectivity index (χ0n) is 14.8. The van der Waals surface area contributed by atoms with E-state index in [9.17, 15) is 4.79 Å². The molecular weight excluding hydrogens is 316 g/mol. The van der Waals surface area contributed by atoms with Crippen molar-refractivity contribution in [1.82, 2.24) is 4.98 Å². The number of nitrogens with one attached hydrogen (secondary N) is 1. The van der Waals surface area contributed by atoms with Gasteiger partial charge in [-0.25, -0.2) is 4.98 Å². The number of aromatic nitrogens is 1. The van der Waals surface area contributed by atoms with E-state index in [-0.39, 0.29) is 11.8 Å². The molecule has 1 N–H and O–H groups in total. The standard InChI is InChI=1S/C20H28N2OS/c1-3-5-6-15-7-10-16(11-8-15)19(23)22-20-21-17-12-9-14(4-2)13-18(17)24-20/h9,12-13,15-16H,3-8,10-11H2,1-2H3,(H,21,22,23). The Hall–Kier alpha value is -1.42. The minimum absolute atomic E-state index is 0.165. The van der Waals surface area contributed by atoms with Gasteiger partial charge in [-0.2, -0.15) is 0 Å². The summed E-state index contributed by atoms with van der Waals surface area (Å²) in [5, 5.41) is 3.81. The lowest BCUT2D eigenvalue weighted by atomic mass is 9.79. The van der Waals surface area contributed by atoms with E-state index in [1.54, 1.807) is 11.3 Å². The van der Waals surface area contributed by atoms with Crippen molar-refractivity contribution < 1.29 is 4.79 Å². The first-order valence-corrected chi connectivity index (χ1v) is 10.2. The van der Waals surface area contributed by atoms with E-state index in [1.165, 1.54) is 37.7 Å². The fourth-order valence-corrected chi connectivity index (χ4v) is 4.59. The molecule has 1 aliphatic rings. The lowest BCUT2D eigenvalue weighted by Gasteiger charge is -2.27. The second-order valence-corrected chi connectivity index (χ2v) is 8.05. The summed E-state index contributed by atoms with van der Waals surface area (Å²) >= 11 is 1.59. The molecular formula is C20H28N2OS. The molecule has 3 nitrogen and oxygen atoms in total. The maximum Gasteiger partial charge on any atom is 0.229 e. The van der Waals surface area contributed by atoms with Gasteiger partial charge in [0.25, 0.3) is 0 Å². The van der Waals surface area contributed by atoms with Crippen molar-refractivity contribution in [2.24, 2.45) is 11.8 Å². The van der Waals surface area contributed by atoms with E-state index in [4.69, 9.17) is 0 Å². The molecule has 1 amide bonds. The molecule has 1 heterocycles. The van der Waals surface area contributed by atoms with Crippen LogP contribution in [0.2, 0.25) is 0 Å². The van der Waals surface area contributed by atoms with Crippen LogP contribution in [0.1, 0.15) is 64.4 Å². The maximum atomic E-state index is 12.5. The summed E-state index contributed by atoms with van der Waals surface area (Å²) in [5.74, 6) is 1.17. The van der Waals surface area contributed by atoms with Crippen LogP contribution in [0.4, 0.5) is 5.13 Å². The third-order valence-electron chi connectivity index (χ3n) is 5.27. The molecule has 2 aromatic rings. The van der Waals surface area contributed by atoms with E-state index in [2.05, 4.69) is 42.3 Å². The predicted molar refractivity (Wildman–Crippen MR) is 103 cm³/mol. The van der Waals surface area contributed by atoms with E-state index < -0.39 is 0 Å². The number of aryl methyl sites for hydroxylation is 1. The summed E-state index contributed by atoms with van der Waals surface area (Å²) in [6.07, 6.45) is 9.44. The maximum absolute atomic E-state index is 12.5. The fraction of sp³-hybridized carbons (Fsp3) is 0.600. The molecule has 0 atom stereocenters. The molecule has 0 aliphatic heterocycles. The lowest BCUT2D eigenvalue weighted by Crippen LogP contribution is -2.27. The largest absolute Gasteiger partial charge is 0.302 e. The molecule has 0 radical (unpaired) electrons. The third kappa shape index (κ3) is 4.15. The van der Waals surface area contributed by atoms with Gasteiger partial charge in [-0.3, -0.25) is 4.79 Å². The Morgan fingerprint density at radius 2 is 2.04 bits per heavy atom. The summed E-state index contributed by atoms with van der Waals surface area (Å²) in [7, 11) is 0. The quantitative estimate of drug-likeness (QED) is 0.720. The molecule has 0 spiro atoms. The zero-order chi connectivity index (χ0) is 16.9. The minimum atomic E-state index is 0.165. The Balaban J connectivity index is 1.57. The van der Waals surface area contributed by atoms with Crippen molar-refractivity contribution in [2.45, 2.75) is 65.2 Å². The lowest BCUT2D eigenvalue weighted by molar-refractivity contribution is -0.121. The first-order chi connectivity index (χ1) is 11.7. The highest BCUT2D eigenvalue weighted by Crippen LogP contribution is 2.33. The van der Waals surface area contributed by atoms with Gasteiger partial charge in [-0.15, -0.1) is 0 Å². The average Bonchev–Trinajstić information content (AvgIpc) is 3.01. The Bertz CT molecular complexity index is 686. The molecule has 1 saturated carbocycles. The number of hydrogen-bond donors (Lipinski definition) is 1. The van der Waals surface area contributed by atoms with Gasteiger partial charge in [0.1, 0.15) is 0 Å². The Kier molecular flexibility index (Phi) is 5.88. The summed E-state index contributed by atoms with van der Waals surface area (Å²) < 4.78 is 1.16. The minimum Gasteiger partial charge on any atom is -0.302 e. The number of nitrogens with zero attached hydrogens (tertiary/aromatic N) is 1. The molecule has 3 rings (SSSR count). The number of anilines is 1. The van der Waals surface area contributed by atoms with Crippen LogP contribution < -0.4 is 5.32 Å². The van der Waals surface area contributed by atoms with Crippen LogP contribution in [-0.2, 0) is 11.2 Å². The van der Waals surface area contributed by atoms with Crippen molar-refractivity contribution in [1.29, 1.82) is 0 Å². The number of rotatable bonds is 6. The third-order valence-corrected chi connectivity index (χ3v) is 6.21. The van der Waals surface area contributed by atoms with Crippen LogP contribution >= 0.6 is 11.3 Å². The topological polar surface area (TPSA) is 42.0 Å². The number of benzene rings is 1. The van der Waals surface area contributed by atoms with Gasteiger partial charge in [0.15, 0.2) is 5.13 Å². The normalized spacial score (nSPS) is 21.1. The first-order valence-electron chi connectivity index (χ1n) is 9.40. The van der Waals surface area contributed by atoms with Crippen LogP contribution in [0, 0.1) is 11.8 Å². The van der Waals surface area contributed by atoms with E-state index in [0.717, 1.165) is 40.5 Å². The molecule has 1 aliphatic carbocycles. The average molecular weight is 345 g/mol. The molecule has 1 aromatic heterocycles. The van der Waals surface area contributed by atoms with Crippen LogP contribution in [0.3, 0.4) is 0 Å². The van der Waals surface area contributed by atoms with E-state index in [1.807, 2.05) is 0 Å². The highest BCUT2D eigenvalue weighted by atomic mass is 32.1. The van der Waals surface area contributed by atoms with Crippen molar-refractivity contribution in [3.63, 3.8) is 0 Å². The zero-order valence-corrected chi connectivity index (χ0v) is 15.6. The Labute approximate surface area is 148 Å². The molecule has 24 heavy (non-hydrogen) atoms. The van der Waals surface area contributed by atoms with Gasteiger partial charge in [0.2, 0.25) is 5.91 Å². The van der Waals surface area contributed by atoms with Crippen molar-refractivity contribution in [2.75, 3.05) is 5.32 Å². The summed E-state index contributed by atoms with van der Waals surface area (Å²) in [4.78, 5) is 17.1. The number of hydrogen-bond acceptors (Lipinski definition) is 3. The van der Waals surface area contributed by atoms with Gasteiger partial charge in [0, 0.05) is 5.92 Å². The van der Waals surface area contributed by atoms with Crippen LogP contribution in [0.5, 0.6) is 0 Å². The Morgan fingerprint density at radius 3 is 2.75 bits per heavy atom. The SMILES string of the molecule is CCCCC1CCC(C(=O)Nc2nc3ccc(CC)cc3s2)CC1.